The first-order valence-electron chi connectivity index (χ1n) is 7.48. The normalized spacial score (nSPS) is 11.1. The van der Waals surface area contributed by atoms with Crippen molar-refractivity contribution >= 4 is 17.6 Å². The lowest BCUT2D eigenvalue weighted by Crippen LogP contribution is -2.15. The molecule has 0 spiro atoms. The highest BCUT2D eigenvalue weighted by atomic mass is 35.5. The van der Waals surface area contributed by atoms with Crippen LogP contribution in [0.15, 0.2) is 48.5 Å². The second-order valence-corrected chi connectivity index (χ2v) is 6.79. The fraction of sp³-hybridized carbons (Fsp3) is 0.316. The third-order valence-electron chi connectivity index (χ3n) is 3.39. The first kappa shape index (κ1) is 17.4. The maximum Gasteiger partial charge on any atom is 0.344 e. The number of halogens is 1. The molecule has 0 saturated heterocycles. The fourth-order valence-corrected chi connectivity index (χ4v) is 2.11. The van der Waals surface area contributed by atoms with Gasteiger partial charge in [0, 0.05) is 5.02 Å². The molecule has 0 saturated carbocycles. The molecule has 0 atom stereocenters. The van der Waals surface area contributed by atoms with Crippen molar-refractivity contribution in [2.24, 2.45) is 0 Å². The van der Waals surface area contributed by atoms with Gasteiger partial charge in [0.1, 0.15) is 12.4 Å². The Balaban J connectivity index is 1.79. The molecule has 0 aliphatic heterocycles. The number of hydrogen-bond donors (Lipinski definition) is 0. The van der Waals surface area contributed by atoms with Crippen molar-refractivity contribution in [3.05, 3.63) is 64.7 Å². The van der Waals surface area contributed by atoms with Crippen LogP contribution in [-0.2, 0) is 21.6 Å². The Morgan fingerprint density at radius 2 is 1.61 bits per heavy atom. The predicted octanol–water partition coefficient (Wildman–Crippen LogP) is 4.76. The molecule has 3 nitrogen and oxygen atoms in total. The van der Waals surface area contributed by atoms with Gasteiger partial charge >= 0.3 is 5.97 Å². The van der Waals surface area contributed by atoms with Gasteiger partial charge in [-0.05, 0) is 40.8 Å². The highest BCUT2D eigenvalue weighted by Crippen LogP contribution is 2.22. The molecule has 0 radical (unpaired) electrons. The molecule has 2 aromatic rings. The first-order valence-corrected chi connectivity index (χ1v) is 7.86. The summed E-state index contributed by atoms with van der Waals surface area (Å²) in [4.78, 5) is 11.7. The van der Waals surface area contributed by atoms with E-state index in [4.69, 9.17) is 21.1 Å². The smallest absolute Gasteiger partial charge is 0.344 e. The minimum atomic E-state index is -0.403. The summed E-state index contributed by atoms with van der Waals surface area (Å²) in [6.45, 7) is 6.61. The van der Waals surface area contributed by atoms with Gasteiger partial charge in [-0.15, -0.1) is 0 Å². The molecule has 2 rings (SSSR count). The third kappa shape index (κ3) is 5.61. The van der Waals surface area contributed by atoms with Crippen LogP contribution in [0.4, 0.5) is 0 Å². The molecule has 0 fully saturated rings. The molecule has 122 valence electrons. The summed E-state index contributed by atoms with van der Waals surface area (Å²) >= 11 is 5.78. The molecule has 0 aliphatic carbocycles. The number of rotatable bonds is 5. The van der Waals surface area contributed by atoms with E-state index in [1.807, 2.05) is 12.1 Å². The van der Waals surface area contributed by atoms with Crippen LogP contribution in [-0.4, -0.2) is 12.6 Å². The van der Waals surface area contributed by atoms with Crippen molar-refractivity contribution in [1.82, 2.24) is 0 Å². The average molecular weight is 333 g/mol. The molecule has 2 aromatic carbocycles. The zero-order valence-electron chi connectivity index (χ0n) is 13.6. The molecular formula is C19H21ClO3. The van der Waals surface area contributed by atoms with E-state index in [-0.39, 0.29) is 18.6 Å². The van der Waals surface area contributed by atoms with Gasteiger partial charge in [0.2, 0.25) is 0 Å². The first-order chi connectivity index (χ1) is 10.8. The Kier molecular flexibility index (Phi) is 5.67. The summed E-state index contributed by atoms with van der Waals surface area (Å²) in [5.41, 5.74) is 2.32. The molecule has 0 bridgehead atoms. The molecule has 0 amide bonds. The van der Waals surface area contributed by atoms with Crippen molar-refractivity contribution in [3.63, 3.8) is 0 Å². The second kappa shape index (κ2) is 7.51. The van der Waals surface area contributed by atoms with Gasteiger partial charge in [-0.25, -0.2) is 4.79 Å². The van der Waals surface area contributed by atoms with Crippen molar-refractivity contribution in [1.29, 1.82) is 0 Å². The van der Waals surface area contributed by atoms with E-state index in [1.54, 1.807) is 24.3 Å². The average Bonchev–Trinajstić information content (AvgIpc) is 2.52. The standard InChI is InChI=1S/C19H21ClO3/c1-19(2,3)15-6-4-14(5-7-15)12-23-18(21)13-22-17-10-8-16(20)9-11-17/h4-11H,12-13H2,1-3H3. The van der Waals surface area contributed by atoms with Crippen LogP contribution in [0, 0.1) is 0 Å². The summed E-state index contributed by atoms with van der Waals surface area (Å²) in [6, 6.07) is 14.9. The van der Waals surface area contributed by atoms with E-state index in [0.29, 0.717) is 10.8 Å². The zero-order chi connectivity index (χ0) is 16.9. The van der Waals surface area contributed by atoms with Crippen LogP contribution in [0.1, 0.15) is 31.9 Å². The van der Waals surface area contributed by atoms with Gasteiger partial charge in [0.05, 0.1) is 0 Å². The van der Waals surface area contributed by atoms with E-state index in [0.717, 1.165) is 5.56 Å². The molecule has 0 unspecified atom stereocenters. The molecule has 23 heavy (non-hydrogen) atoms. The van der Waals surface area contributed by atoms with E-state index < -0.39 is 5.97 Å². The van der Waals surface area contributed by atoms with Gasteiger partial charge in [-0.1, -0.05) is 56.6 Å². The maximum atomic E-state index is 11.7. The second-order valence-electron chi connectivity index (χ2n) is 6.35. The molecule has 0 aromatic heterocycles. The maximum absolute atomic E-state index is 11.7. The van der Waals surface area contributed by atoms with Gasteiger partial charge in [0.15, 0.2) is 6.61 Å². The monoisotopic (exact) mass is 332 g/mol. The minimum Gasteiger partial charge on any atom is -0.482 e. The lowest BCUT2D eigenvalue weighted by molar-refractivity contribution is -0.147. The number of esters is 1. The third-order valence-corrected chi connectivity index (χ3v) is 3.64. The number of benzene rings is 2. The molecular weight excluding hydrogens is 312 g/mol. The van der Waals surface area contributed by atoms with Crippen molar-refractivity contribution in [2.75, 3.05) is 6.61 Å². The van der Waals surface area contributed by atoms with Crippen LogP contribution >= 0.6 is 11.6 Å². The van der Waals surface area contributed by atoms with Crippen LogP contribution in [0.2, 0.25) is 5.02 Å². The quantitative estimate of drug-likeness (QED) is 0.740. The number of hydrogen-bond acceptors (Lipinski definition) is 3. The minimum absolute atomic E-state index is 0.113. The van der Waals surface area contributed by atoms with Crippen LogP contribution in [0.3, 0.4) is 0 Å². The van der Waals surface area contributed by atoms with Crippen LogP contribution in [0.25, 0.3) is 0 Å². The highest BCUT2D eigenvalue weighted by molar-refractivity contribution is 6.30. The molecule has 4 heteroatoms. The Bertz CT molecular complexity index is 640. The summed E-state index contributed by atoms with van der Waals surface area (Å²) < 4.78 is 10.6. The fourth-order valence-electron chi connectivity index (χ4n) is 1.98. The molecule has 0 N–H and O–H groups in total. The van der Waals surface area contributed by atoms with Gasteiger partial charge in [-0.2, -0.15) is 0 Å². The molecule has 0 aliphatic rings. The van der Waals surface area contributed by atoms with Crippen molar-refractivity contribution in [2.45, 2.75) is 32.8 Å². The number of carbonyl (C=O) groups excluding carboxylic acids is 1. The lowest BCUT2D eigenvalue weighted by atomic mass is 9.87. The van der Waals surface area contributed by atoms with Crippen molar-refractivity contribution < 1.29 is 14.3 Å². The summed E-state index contributed by atoms with van der Waals surface area (Å²) in [5.74, 6) is 0.181. The van der Waals surface area contributed by atoms with E-state index in [9.17, 15) is 4.79 Å². The molecule has 0 heterocycles. The van der Waals surface area contributed by atoms with Gasteiger partial charge in [0.25, 0.3) is 0 Å². The Labute approximate surface area is 142 Å². The Morgan fingerprint density at radius 1 is 1.00 bits per heavy atom. The Morgan fingerprint density at radius 3 is 2.17 bits per heavy atom. The van der Waals surface area contributed by atoms with Crippen molar-refractivity contribution in [3.8, 4) is 5.75 Å². The van der Waals surface area contributed by atoms with Crippen LogP contribution < -0.4 is 4.74 Å². The Hall–Kier alpha value is -2.00. The van der Waals surface area contributed by atoms with Gasteiger partial charge < -0.3 is 9.47 Å². The van der Waals surface area contributed by atoms with E-state index >= 15 is 0 Å². The highest BCUT2D eigenvalue weighted by Gasteiger charge is 2.13. The largest absolute Gasteiger partial charge is 0.482 e. The zero-order valence-corrected chi connectivity index (χ0v) is 14.4. The van der Waals surface area contributed by atoms with E-state index in [1.165, 1.54) is 5.56 Å². The SMILES string of the molecule is CC(C)(C)c1ccc(COC(=O)COc2ccc(Cl)cc2)cc1. The van der Waals surface area contributed by atoms with Gasteiger partial charge in [-0.3, -0.25) is 0 Å². The number of ether oxygens (including phenoxy) is 2. The summed E-state index contributed by atoms with van der Waals surface area (Å²) in [6.07, 6.45) is 0. The topological polar surface area (TPSA) is 35.5 Å². The predicted molar refractivity (Wildman–Crippen MR) is 91.9 cm³/mol. The van der Waals surface area contributed by atoms with E-state index in [2.05, 4.69) is 32.9 Å². The van der Waals surface area contributed by atoms with Crippen LogP contribution in [0.5, 0.6) is 5.75 Å². The summed E-state index contributed by atoms with van der Waals surface area (Å²) in [5, 5.41) is 0.624. The lowest BCUT2D eigenvalue weighted by Gasteiger charge is -2.19. The number of carbonyl (C=O) groups is 1. The summed E-state index contributed by atoms with van der Waals surface area (Å²) in [7, 11) is 0.